The van der Waals surface area contributed by atoms with E-state index in [4.69, 9.17) is 0 Å². The third-order valence-electron chi connectivity index (χ3n) is 4.63. The van der Waals surface area contributed by atoms with Gasteiger partial charge in [0.1, 0.15) is 5.56 Å². The van der Waals surface area contributed by atoms with E-state index in [9.17, 15) is 15.1 Å². The zero-order valence-corrected chi connectivity index (χ0v) is 10.7. The van der Waals surface area contributed by atoms with Crippen molar-refractivity contribution in [3.8, 4) is 0 Å². The smallest absolute Gasteiger partial charge is 0.257 e. The Bertz CT molecular complexity index is 491. The van der Waals surface area contributed by atoms with Gasteiger partial charge in [0.2, 0.25) is 0 Å². The minimum atomic E-state index is -0.221. The van der Waals surface area contributed by atoms with E-state index in [1.807, 2.05) is 0 Å². The third kappa shape index (κ3) is 2.18. The van der Waals surface area contributed by atoms with Crippen LogP contribution in [0.3, 0.4) is 0 Å². The van der Waals surface area contributed by atoms with Crippen molar-refractivity contribution in [1.82, 2.24) is 5.32 Å². The summed E-state index contributed by atoms with van der Waals surface area (Å²) in [7, 11) is 0. The second kappa shape index (κ2) is 4.81. The predicted molar refractivity (Wildman–Crippen MR) is 68.1 cm³/mol. The van der Waals surface area contributed by atoms with Gasteiger partial charge in [0, 0.05) is 24.6 Å². The summed E-state index contributed by atoms with van der Waals surface area (Å²) in [6, 6.07) is 3.24. The third-order valence-corrected chi connectivity index (χ3v) is 4.63. The maximum absolute atomic E-state index is 12.1. The van der Waals surface area contributed by atoms with Gasteiger partial charge in [-0.2, -0.15) is 4.73 Å². The minimum absolute atomic E-state index is 0.0524. The Morgan fingerprint density at radius 3 is 3.00 bits per heavy atom. The highest BCUT2D eigenvalue weighted by Crippen LogP contribution is 2.48. The molecule has 0 saturated heterocycles. The fraction of sp³-hybridized carbons (Fsp3) is 0.571. The van der Waals surface area contributed by atoms with Gasteiger partial charge in [-0.05, 0) is 37.2 Å². The van der Waals surface area contributed by atoms with E-state index in [0.717, 1.165) is 19.3 Å². The summed E-state index contributed by atoms with van der Waals surface area (Å²) in [5, 5.41) is 23.7. The van der Waals surface area contributed by atoms with Gasteiger partial charge in [-0.25, -0.2) is 0 Å². The van der Waals surface area contributed by atoms with Crippen LogP contribution in [0.5, 0.6) is 0 Å². The summed E-state index contributed by atoms with van der Waals surface area (Å²) < 4.78 is 0.624. The molecule has 1 amide bonds. The van der Waals surface area contributed by atoms with Gasteiger partial charge in [0.05, 0.1) is 0 Å². The van der Waals surface area contributed by atoms with Crippen LogP contribution in [0.4, 0.5) is 0 Å². The zero-order valence-electron chi connectivity index (χ0n) is 10.7. The molecule has 3 rings (SSSR count). The van der Waals surface area contributed by atoms with Crippen molar-refractivity contribution in [2.45, 2.75) is 25.3 Å². The van der Waals surface area contributed by atoms with Gasteiger partial charge in [-0.15, -0.1) is 0 Å². The highest BCUT2D eigenvalue weighted by molar-refractivity contribution is 5.93. The van der Waals surface area contributed by atoms with E-state index in [1.165, 1.54) is 12.4 Å². The van der Waals surface area contributed by atoms with Crippen molar-refractivity contribution in [2.75, 3.05) is 6.61 Å². The van der Waals surface area contributed by atoms with Crippen molar-refractivity contribution in [3.63, 3.8) is 0 Å². The fourth-order valence-corrected chi connectivity index (χ4v) is 3.72. The number of rotatable bonds is 3. The second-order valence-corrected chi connectivity index (χ2v) is 5.63. The van der Waals surface area contributed by atoms with E-state index in [2.05, 4.69) is 5.32 Å². The van der Waals surface area contributed by atoms with Crippen LogP contribution in [0.1, 0.15) is 29.6 Å². The number of fused-ring (bicyclic) bond motifs is 2. The summed E-state index contributed by atoms with van der Waals surface area (Å²) in [5.41, 5.74) is 0.372. The van der Waals surface area contributed by atoms with Gasteiger partial charge in [-0.1, -0.05) is 0 Å². The van der Waals surface area contributed by atoms with Crippen molar-refractivity contribution in [2.24, 2.45) is 17.8 Å². The van der Waals surface area contributed by atoms with Crippen molar-refractivity contribution in [3.05, 3.63) is 35.3 Å². The molecule has 2 N–H and O–H groups in total. The first-order valence-electron chi connectivity index (χ1n) is 6.79. The van der Waals surface area contributed by atoms with E-state index in [0.29, 0.717) is 22.1 Å². The van der Waals surface area contributed by atoms with Crippen molar-refractivity contribution in [1.29, 1.82) is 0 Å². The van der Waals surface area contributed by atoms with Gasteiger partial charge in [0.25, 0.3) is 5.91 Å². The number of aliphatic hydroxyl groups excluding tert-OH is 1. The Hall–Kier alpha value is -1.62. The van der Waals surface area contributed by atoms with Crippen LogP contribution in [0.15, 0.2) is 24.5 Å². The maximum Gasteiger partial charge on any atom is 0.257 e. The maximum atomic E-state index is 12.1. The first kappa shape index (κ1) is 12.4. The highest BCUT2D eigenvalue weighted by atomic mass is 16.5. The minimum Gasteiger partial charge on any atom is -0.619 e. The number of nitrogens with zero attached hydrogens (tertiary/aromatic N) is 1. The Kier molecular flexibility index (Phi) is 3.14. The molecule has 0 aromatic carbocycles. The lowest BCUT2D eigenvalue weighted by Gasteiger charge is -2.30. The Morgan fingerprint density at radius 1 is 1.47 bits per heavy atom. The Morgan fingerprint density at radius 2 is 2.26 bits per heavy atom. The second-order valence-electron chi connectivity index (χ2n) is 5.63. The van der Waals surface area contributed by atoms with E-state index < -0.39 is 0 Å². The molecule has 1 aromatic heterocycles. The molecule has 0 aliphatic heterocycles. The first-order valence-corrected chi connectivity index (χ1v) is 6.79. The zero-order chi connectivity index (χ0) is 13.4. The van der Waals surface area contributed by atoms with Gasteiger partial charge < -0.3 is 15.6 Å². The molecule has 2 saturated carbocycles. The Balaban J connectivity index is 1.73. The van der Waals surface area contributed by atoms with E-state index >= 15 is 0 Å². The molecule has 2 fully saturated rings. The summed E-state index contributed by atoms with van der Waals surface area (Å²) >= 11 is 0. The molecular formula is C14H18N2O3. The molecule has 2 aliphatic carbocycles. The first-order chi connectivity index (χ1) is 9.19. The van der Waals surface area contributed by atoms with Gasteiger partial charge in [0.15, 0.2) is 12.4 Å². The molecule has 102 valence electrons. The van der Waals surface area contributed by atoms with Crippen LogP contribution in [0.25, 0.3) is 0 Å². The molecule has 5 heteroatoms. The monoisotopic (exact) mass is 262 g/mol. The molecule has 19 heavy (non-hydrogen) atoms. The molecule has 0 spiro atoms. The number of amides is 1. The standard InChI is InChI=1S/C14H18N2O3/c17-8-12-9-3-4-10(6-9)13(12)15-14(18)11-2-1-5-16(19)7-11/h1-2,5,7,9-10,12-13,17H,3-4,6,8H2,(H,15,18). The number of carbonyl (C=O) groups excluding carboxylic acids is 1. The number of nitrogens with one attached hydrogen (secondary N) is 1. The summed E-state index contributed by atoms with van der Waals surface area (Å²) in [6.45, 7) is 0.127. The van der Waals surface area contributed by atoms with Gasteiger partial charge >= 0.3 is 0 Å². The molecule has 0 radical (unpaired) electrons. The average Bonchev–Trinajstić information content (AvgIpc) is 2.99. The number of hydrogen-bond donors (Lipinski definition) is 2. The number of aromatic nitrogens is 1. The summed E-state index contributed by atoms with van der Waals surface area (Å²) in [5.74, 6) is 0.974. The summed E-state index contributed by atoms with van der Waals surface area (Å²) in [4.78, 5) is 12.1. The van der Waals surface area contributed by atoms with Crippen molar-refractivity contribution >= 4 is 5.91 Å². The quantitative estimate of drug-likeness (QED) is 0.613. The average molecular weight is 262 g/mol. The fourth-order valence-electron chi connectivity index (χ4n) is 3.72. The highest BCUT2D eigenvalue weighted by Gasteiger charge is 2.47. The largest absolute Gasteiger partial charge is 0.619 e. The van der Waals surface area contributed by atoms with Crippen LogP contribution in [0.2, 0.25) is 0 Å². The number of pyridine rings is 1. The molecule has 1 heterocycles. The molecule has 4 unspecified atom stereocenters. The normalized spacial score (nSPS) is 32.5. The molecule has 2 bridgehead atoms. The molecule has 2 aliphatic rings. The lowest BCUT2D eigenvalue weighted by atomic mass is 9.85. The van der Waals surface area contributed by atoms with Crippen LogP contribution < -0.4 is 10.0 Å². The number of carbonyl (C=O) groups is 1. The van der Waals surface area contributed by atoms with E-state index in [1.54, 1.807) is 12.1 Å². The SMILES string of the molecule is O=C(NC1C2CCC(C2)C1CO)c1ccc[n+]([O-])c1. The predicted octanol–water partition coefficient (Wildman–Crippen LogP) is 0.457. The Labute approximate surface area is 111 Å². The number of hydrogen-bond acceptors (Lipinski definition) is 3. The summed E-state index contributed by atoms with van der Waals surface area (Å²) in [6.07, 6.45) is 6.02. The lowest BCUT2D eigenvalue weighted by molar-refractivity contribution is -0.605. The molecule has 5 nitrogen and oxygen atoms in total. The van der Waals surface area contributed by atoms with Crippen LogP contribution >= 0.6 is 0 Å². The van der Waals surface area contributed by atoms with Gasteiger partial charge in [-0.3, -0.25) is 4.79 Å². The lowest BCUT2D eigenvalue weighted by Crippen LogP contribution is -2.45. The van der Waals surface area contributed by atoms with Crippen molar-refractivity contribution < 1.29 is 14.6 Å². The van der Waals surface area contributed by atoms with Crippen LogP contribution in [0, 0.1) is 23.0 Å². The topological polar surface area (TPSA) is 76.3 Å². The molecular weight excluding hydrogens is 244 g/mol. The molecule has 1 aromatic rings. The number of aliphatic hydroxyl groups is 1. The molecule has 4 atom stereocenters. The van der Waals surface area contributed by atoms with E-state index in [-0.39, 0.29) is 24.5 Å². The van der Waals surface area contributed by atoms with Crippen LogP contribution in [-0.2, 0) is 0 Å². The van der Waals surface area contributed by atoms with Crippen LogP contribution in [-0.4, -0.2) is 23.7 Å².